The van der Waals surface area contributed by atoms with Crippen molar-refractivity contribution in [3.8, 4) is 0 Å². The van der Waals surface area contributed by atoms with E-state index < -0.39 is 0 Å². The summed E-state index contributed by atoms with van der Waals surface area (Å²) in [6, 6.07) is 0. The largest absolute Gasteiger partial charge is 0.347 e. The molecule has 0 spiro atoms. The fourth-order valence-electron chi connectivity index (χ4n) is 1.62. The van der Waals surface area contributed by atoms with Gasteiger partial charge in [0.2, 0.25) is 0 Å². The first-order chi connectivity index (χ1) is 6.45. The summed E-state index contributed by atoms with van der Waals surface area (Å²) >= 11 is 0. The van der Waals surface area contributed by atoms with Crippen LogP contribution in [-0.4, -0.2) is 16.1 Å². The van der Waals surface area contributed by atoms with Gasteiger partial charge in [0, 0.05) is 6.20 Å². The quantitative estimate of drug-likeness (QED) is 0.690. The molecular weight excluding hydrogens is 166 g/mol. The van der Waals surface area contributed by atoms with Crippen molar-refractivity contribution in [3.05, 3.63) is 18.2 Å². The van der Waals surface area contributed by atoms with E-state index in [4.69, 9.17) is 4.84 Å². The van der Waals surface area contributed by atoms with Crippen LogP contribution in [0.2, 0.25) is 0 Å². The molecule has 2 N–H and O–H groups in total. The van der Waals surface area contributed by atoms with Gasteiger partial charge < -0.3 is 4.98 Å². The standard InChI is InChI=1S/C9H15N3O/c1-2-4-9(3-1)13-12-6-8-5-10-7-11-8/h5,7,9,12H,1-4,6H2,(H,10,11). The molecule has 0 amide bonds. The van der Waals surface area contributed by atoms with Crippen LogP contribution in [0.25, 0.3) is 0 Å². The highest BCUT2D eigenvalue weighted by Gasteiger charge is 2.15. The number of hydroxylamine groups is 1. The zero-order chi connectivity index (χ0) is 8.93. The van der Waals surface area contributed by atoms with Gasteiger partial charge in [-0.2, -0.15) is 5.48 Å². The van der Waals surface area contributed by atoms with E-state index in [0.717, 1.165) is 5.69 Å². The molecule has 1 aliphatic carbocycles. The smallest absolute Gasteiger partial charge is 0.0922 e. The second-order valence-electron chi connectivity index (χ2n) is 3.42. The molecule has 2 rings (SSSR count). The maximum Gasteiger partial charge on any atom is 0.0922 e. The molecule has 1 heterocycles. The minimum atomic E-state index is 0.419. The van der Waals surface area contributed by atoms with Gasteiger partial charge in [-0.1, -0.05) is 12.8 Å². The van der Waals surface area contributed by atoms with E-state index in [-0.39, 0.29) is 0 Å². The second kappa shape index (κ2) is 4.39. The van der Waals surface area contributed by atoms with Crippen molar-refractivity contribution in [3.63, 3.8) is 0 Å². The molecule has 1 fully saturated rings. The Morgan fingerprint density at radius 3 is 3.08 bits per heavy atom. The Morgan fingerprint density at radius 1 is 1.54 bits per heavy atom. The SMILES string of the molecule is c1ncc(CNOC2CCCC2)[nH]1. The lowest BCUT2D eigenvalue weighted by molar-refractivity contribution is -0.0248. The number of hydrogen-bond donors (Lipinski definition) is 2. The Kier molecular flexibility index (Phi) is 2.94. The third kappa shape index (κ3) is 2.54. The number of aromatic nitrogens is 2. The van der Waals surface area contributed by atoms with Crippen molar-refractivity contribution in [1.29, 1.82) is 0 Å². The van der Waals surface area contributed by atoms with Crippen molar-refractivity contribution in [1.82, 2.24) is 15.4 Å². The summed E-state index contributed by atoms with van der Waals surface area (Å²) in [5.41, 5.74) is 4.01. The maximum absolute atomic E-state index is 5.48. The van der Waals surface area contributed by atoms with E-state index in [1.807, 2.05) is 0 Å². The number of hydrogen-bond acceptors (Lipinski definition) is 3. The molecule has 1 aliphatic rings. The zero-order valence-electron chi connectivity index (χ0n) is 7.62. The van der Waals surface area contributed by atoms with Crippen molar-refractivity contribution in [2.45, 2.75) is 38.3 Å². The molecule has 4 nitrogen and oxygen atoms in total. The van der Waals surface area contributed by atoms with E-state index in [1.54, 1.807) is 12.5 Å². The van der Waals surface area contributed by atoms with Gasteiger partial charge in [0.15, 0.2) is 0 Å². The molecule has 13 heavy (non-hydrogen) atoms. The highest BCUT2D eigenvalue weighted by atomic mass is 16.7. The summed E-state index contributed by atoms with van der Waals surface area (Å²) in [6.45, 7) is 0.705. The van der Waals surface area contributed by atoms with Crippen LogP contribution in [0.5, 0.6) is 0 Å². The number of nitrogens with one attached hydrogen (secondary N) is 2. The van der Waals surface area contributed by atoms with E-state index in [9.17, 15) is 0 Å². The van der Waals surface area contributed by atoms with Crippen LogP contribution in [0.3, 0.4) is 0 Å². The molecule has 1 saturated carbocycles. The molecule has 0 aromatic carbocycles. The highest BCUT2D eigenvalue weighted by Crippen LogP contribution is 2.19. The lowest BCUT2D eigenvalue weighted by Crippen LogP contribution is -2.21. The molecule has 0 bridgehead atoms. The number of rotatable bonds is 4. The predicted octanol–water partition coefficient (Wildman–Crippen LogP) is 1.37. The number of aromatic amines is 1. The van der Waals surface area contributed by atoms with Crippen LogP contribution in [0.1, 0.15) is 31.4 Å². The Bertz CT molecular complexity index is 229. The van der Waals surface area contributed by atoms with Crippen LogP contribution < -0.4 is 5.48 Å². The van der Waals surface area contributed by atoms with Crippen molar-refractivity contribution < 1.29 is 4.84 Å². The molecule has 72 valence electrons. The first kappa shape index (κ1) is 8.72. The molecular formula is C9H15N3O. The number of nitrogens with zero attached hydrogens (tertiary/aromatic N) is 1. The first-order valence-electron chi connectivity index (χ1n) is 4.81. The van der Waals surface area contributed by atoms with E-state index >= 15 is 0 Å². The van der Waals surface area contributed by atoms with Gasteiger partial charge in [-0.15, -0.1) is 0 Å². The van der Waals surface area contributed by atoms with Gasteiger partial charge in [-0.25, -0.2) is 4.98 Å². The Labute approximate surface area is 77.7 Å². The molecule has 4 heteroatoms. The maximum atomic E-state index is 5.48. The second-order valence-corrected chi connectivity index (χ2v) is 3.42. The lowest BCUT2D eigenvalue weighted by atomic mass is 10.3. The molecule has 1 aromatic heterocycles. The zero-order valence-corrected chi connectivity index (χ0v) is 7.62. The van der Waals surface area contributed by atoms with Crippen molar-refractivity contribution in [2.75, 3.05) is 0 Å². The summed E-state index contributed by atoms with van der Waals surface area (Å²) in [4.78, 5) is 12.4. The summed E-state index contributed by atoms with van der Waals surface area (Å²) < 4.78 is 0. The lowest BCUT2D eigenvalue weighted by Gasteiger charge is -2.10. The average molecular weight is 181 g/mol. The Morgan fingerprint density at radius 2 is 2.38 bits per heavy atom. The van der Waals surface area contributed by atoms with Crippen LogP contribution >= 0.6 is 0 Å². The predicted molar refractivity (Wildman–Crippen MR) is 48.8 cm³/mol. The average Bonchev–Trinajstić information content (AvgIpc) is 2.75. The highest BCUT2D eigenvalue weighted by molar-refractivity contribution is 4.92. The summed E-state index contributed by atoms with van der Waals surface area (Å²) in [5.74, 6) is 0. The normalized spacial score (nSPS) is 18.2. The van der Waals surface area contributed by atoms with E-state index in [0.29, 0.717) is 12.6 Å². The summed E-state index contributed by atoms with van der Waals surface area (Å²) in [5, 5.41) is 0. The summed E-state index contributed by atoms with van der Waals surface area (Å²) in [6.07, 6.45) is 8.87. The minimum absolute atomic E-state index is 0.419. The van der Waals surface area contributed by atoms with E-state index in [1.165, 1.54) is 25.7 Å². The van der Waals surface area contributed by atoms with Gasteiger partial charge in [0.05, 0.1) is 24.7 Å². The van der Waals surface area contributed by atoms with E-state index in [2.05, 4.69) is 15.4 Å². The molecule has 0 radical (unpaired) electrons. The van der Waals surface area contributed by atoms with Crippen LogP contribution in [0.4, 0.5) is 0 Å². The topological polar surface area (TPSA) is 49.9 Å². The third-order valence-corrected chi connectivity index (χ3v) is 2.37. The molecule has 0 aliphatic heterocycles. The third-order valence-electron chi connectivity index (χ3n) is 2.37. The van der Waals surface area contributed by atoms with Crippen LogP contribution in [0, 0.1) is 0 Å². The minimum Gasteiger partial charge on any atom is -0.347 e. The fraction of sp³-hybridized carbons (Fsp3) is 0.667. The molecule has 0 unspecified atom stereocenters. The summed E-state index contributed by atoms with van der Waals surface area (Å²) in [7, 11) is 0. The monoisotopic (exact) mass is 181 g/mol. The van der Waals surface area contributed by atoms with Gasteiger partial charge in [-0.05, 0) is 12.8 Å². The van der Waals surface area contributed by atoms with Crippen LogP contribution in [-0.2, 0) is 11.4 Å². The van der Waals surface area contributed by atoms with Gasteiger partial charge in [-0.3, -0.25) is 4.84 Å². The molecule has 1 aromatic rings. The Hall–Kier alpha value is -0.870. The molecule has 0 atom stereocenters. The van der Waals surface area contributed by atoms with Crippen molar-refractivity contribution in [2.24, 2.45) is 0 Å². The Balaban J connectivity index is 1.63. The fourth-order valence-corrected chi connectivity index (χ4v) is 1.62. The molecule has 0 saturated heterocycles. The number of H-pyrrole nitrogens is 1. The van der Waals surface area contributed by atoms with Crippen LogP contribution in [0.15, 0.2) is 12.5 Å². The number of imidazole rings is 1. The first-order valence-corrected chi connectivity index (χ1v) is 4.81. The van der Waals surface area contributed by atoms with Gasteiger partial charge >= 0.3 is 0 Å². The van der Waals surface area contributed by atoms with Crippen molar-refractivity contribution >= 4 is 0 Å². The van der Waals surface area contributed by atoms with Gasteiger partial charge in [0.1, 0.15) is 0 Å². The van der Waals surface area contributed by atoms with Gasteiger partial charge in [0.25, 0.3) is 0 Å².